The number of benzene rings is 1. The summed E-state index contributed by atoms with van der Waals surface area (Å²) in [5, 5.41) is 5.36. The van der Waals surface area contributed by atoms with E-state index in [4.69, 9.17) is 11.6 Å². The van der Waals surface area contributed by atoms with Gasteiger partial charge >= 0.3 is 0 Å². The first-order chi connectivity index (χ1) is 9.11. The van der Waals surface area contributed by atoms with E-state index in [0.717, 1.165) is 14.7 Å². The highest BCUT2D eigenvalue weighted by Crippen LogP contribution is 2.31. The molecular weight excluding hydrogens is 342 g/mol. The fourth-order valence-corrected chi connectivity index (χ4v) is 4.62. The summed E-state index contributed by atoms with van der Waals surface area (Å²) in [6, 6.07) is 7.06. The van der Waals surface area contributed by atoms with E-state index >= 15 is 0 Å². The van der Waals surface area contributed by atoms with Gasteiger partial charge in [0.1, 0.15) is 0 Å². The minimum absolute atomic E-state index is 0.304. The van der Waals surface area contributed by atoms with Crippen LogP contribution in [0.3, 0.4) is 0 Å². The molecule has 0 aliphatic heterocycles. The minimum Gasteiger partial charge on any atom is -0.306 e. The van der Waals surface area contributed by atoms with Gasteiger partial charge in [0.15, 0.2) is 0 Å². The Hall–Kier alpha value is 0.300. The Bertz CT molecular complexity index is 427. The molecule has 1 fully saturated rings. The van der Waals surface area contributed by atoms with Crippen molar-refractivity contribution in [2.45, 2.75) is 49.9 Å². The first kappa shape index (κ1) is 15.7. The second kappa shape index (κ2) is 7.35. The van der Waals surface area contributed by atoms with Crippen LogP contribution in [-0.4, -0.2) is 17.5 Å². The van der Waals surface area contributed by atoms with E-state index in [1.165, 1.54) is 31.2 Å². The highest BCUT2D eigenvalue weighted by Gasteiger charge is 2.26. The highest BCUT2D eigenvalue weighted by molar-refractivity contribution is 9.10. The quantitative estimate of drug-likeness (QED) is 0.766. The van der Waals surface area contributed by atoms with Crippen LogP contribution in [0.15, 0.2) is 22.7 Å². The standard InChI is InChI=1S/C15H21BrClNS/c1-10(12-8-7-11(16)9-13(12)17)18-14-5-3-4-6-15(14)19-2/h7-10,14-15,18H,3-6H2,1-2H3. The smallest absolute Gasteiger partial charge is 0.0464 e. The maximum atomic E-state index is 6.34. The molecule has 0 aromatic heterocycles. The van der Waals surface area contributed by atoms with Gasteiger partial charge in [-0.05, 0) is 43.7 Å². The third-order valence-electron chi connectivity index (χ3n) is 3.90. The Morgan fingerprint density at radius 3 is 2.79 bits per heavy atom. The summed E-state index contributed by atoms with van der Waals surface area (Å²) in [5.41, 5.74) is 1.19. The summed E-state index contributed by atoms with van der Waals surface area (Å²) < 4.78 is 1.04. The molecule has 19 heavy (non-hydrogen) atoms. The molecule has 1 aromatic carbocycles. The van der Waals surface area contributed by atoms with E-state index in [2.05, 4.69) is 46.6 Å². The van der Waals surface area contributed by atoms with Gasteiger partial charge < -0.3 is 5.32 Å². The van der Waals surface area contributed by atoms with Gasteiger partial charge in [0.05, 0.1) is 0 Å². The molecule has 4 heteroatoms. The molecule has 3 unspecified atom stereocenters. The third-order valence-corrected chi connectivity index (χ3v) is 5.89. The topological polar surface area (TPSA) is 12.0 Å². The van der Waals surface area contributed by atoms with Crippen LogP contribution in [0.2, 0.25) is 5.02 Å². The van der Waals surface area contributed by atoms with Crippen molar-refractivity contribution in [3.63, 3.8) is 0 Å². The molecule has 0 saturated heterocycles. The van der Waals surface area contributed by atoms with Crippen molar-refractivity contribution in [1.29, 1.82) is 0 Å². The first-order valence-corrected chi connectivity index (χ1v) is 9.31. The zero-order valence-corrected chi connectivity index (χ0v) is 14.6. The predicted molar refractivity (Wildman–Crippen MR) is 90.3 cm³/mol. The lowest BCUT2D eigenvalue weighted by Gasteiger charge is -2.33. The molecule has 1 saturated carbocycles. The molecule has 1 aliphatic rings. The summed E-state index contributed by atoms with van der Waals surface area (Å²) in [4.78, 5) is 0. The van der Waals surface area contributed by atoms with Gasteiger partial charge in [0.25, 0.3) is 0 Å². The number of hydrogen-bond donors (Lipinski definition) is 1. The highest BCUT2D eigenvalue weighted by atomic mass is 79.9. The van der Waals surface area contributed by atoms with Crippen LogP contribution in [0.1, 0.15) is 44.2 Å². The SMILES string of the molecule is CSC1CCCCC1NC(C)c1ccc(Br)cc1Cl. The number of rotatable bonds is 4. The lowest BCUT2D eigenvalue weighted by Crippen LogP contribution is -2.41. The largest absolute Gasteiger partial charge is 0.306 e. The third kappa shape index (κ3) is 4.13. The van der Waals surface area contributed by atoms with Crippen LogP contribution in [0, 0.1) is 0 Å². The summed E-state index contributed by atoms with van der Waals surface area (Å²) >= 11 is 11.8. The molecule has 3 atom stereocenters. The van der Waals surface area contributed by atoms with Crippen molar-refractivity contribution < 1.29 is 0 Å². The normalized spacial score (nSPS) is 25.3. The van der Waals surface area contributed by atoms with Gasteiger partial charge in [0, 0.05) is 26.8 Å². The molecule has 0 heterocycles. The Morgan fingerprint density at radius 1 is 1.37 bits per heavy atom. The molecular formula is C15H21BrClNS. The van der Waals surface area contributed by atoms with E-state index < -0.39 is 0 Å². The first-order valence-electron chi connectivity index (χ1n) is 6.85. The number of hydrogen-bond acceptors (Lipinski definition) is 2. The second-order valence-electron chi connectivity index (χ2n) is 5.22. The van der Waals surface area contributed by atoms with Gasteiger partial charge in [-0.25, -0.2) is 0 Å². The second-order valence-corrected chi connectivity index (χ2v) is 7.62. The van der Waals surface area contributed by atoms with Crippen molar-refractivity contribution in [2.24, 2.45) is 0 Å². The monoisotopic (exact) mass is 361 g/mol. The number of thioether (sulfide) groups is 1. The molecule has 106 valence electrons. The van der Waals surface area contributed by atoms with Crippen molar-refractivity contribution in [3.05, 3.63) is 33.3 Å². The lowest BCUT2D eigenvalue weighted by molar-refractivity contribution is 0.356. The zero-order valence-electron chi connectivity index (χ0n) is 11.5. The average molecular weight is 363 g/mol. The Kier molecular flexibility index (Phi) is 6.07. The number of nitrogens with one attached hydrogen (secondary N) is 1. The summed E-state index contributed by atoms with van der Waals surface area (Å²) in [7, 11) is 0. The van der Waals surface area contributed by atoms with E-state index in [1.54, 1.807) is 0 Å². The van der Waals surface area contributed by atoms with Gasteiger partial charge in [-0.1, -0.05) is 46.4 Å². The van der Waals surface area contributed by atoms with Crippen LogP contribution in [0.25, 0.3) is 0 Å². The fourth-order valence-electron chi connectivity index (χ4n) is 2.83. The van der Waals surface area contributed by atoms with Crippen molar-refractivity contribution in [1.82, 2.24) is 5.32 Å². The average Bonchev–Trinajstić information content (AvgIpc) is 2.39. The van der Waals surface area contributed by atoms with Gasteiger partial charge in [-0.15, -0.1) is 0 Å². The molecule has 1 N–H and O–H groups in total. The molecule has 0 radical (unpaired) electrons. The van der Waals surface area contributed by atoms with E-state index in [9.17, 15) is 0 Å². The Balaban J connectivity index is 2.05. The lowest BCUT2D eigenvalue weighted by atomic mass is 9.93. The van der Waals surface area contributed by atoms with E-state index in [-0.39, 0.29) is 0 Å². The molecule has 1 aromatic rings. The molecule has 0 amide bonds. The molecule has 0 spiro atoms. The van der Waals surface area contributed by atoms with Gasteiger partial charge in [-0.3, -0.25) is 0 Å². The van der Waals surface area contributed by atoms with Crippen LogP contribution in [0.4, 0.5) is 0 Å². The van der Waals surface area contributed by atoms with Crippen molar-refractivity contribution in [3.8, 4) is 0 Å². The molecule has 1 aliphatic carbocycles. The summed E-state index contributed by atoms with van der Waals surface area (Å²) in [6.45, 7) is 2.21. The summed E-state index contributed by atoms with van der Waals surface area (Å²) in [5.74, 6) is 0. The van der Waals surface area contributed by atoms with E-state index in [0.29, 0.717) is 12.1 Å². The van der Waals surface area contributed by atoms with Crippen LogP contribution in [-0.2, 0) is 0 Å². The van der Waals surface area contributed by atoms with Crippen LogP contribution >= 0.6 is 39.3 Å². The Labute approximate surface area is 134 Å². The molecule has 2 rings (SSSR count). The van der Waals surface area contributed by atoms with Crippen molar-refractivity contribution >= 4 is 39.3 Å². The molecule has 0 bridgehead atoms. The predicted octanol–water partition coefficient (Wildman–Crippen LogP) is 5.43. The molecule has 1 nitrogen and oxygen atoms in total. The van der Waals surface area contributed by atoms with Crippen LogP contribution < -0.4 is 5.32 Å². The van der Waals surface area contributed by atoms with Gasteiger partial charge in [-0.2, -0.15) is 11.8 Å². The zero-order chi connectivity index (χ0) is 13.8. The number of halogens is 2. The van der Waals surface area contributed by atoms with E-state index in [1.807, 2.05) is 17.8 Å². The maximum absolute atomic E-state index is 6.34. The Morgan fingerprint density at radius 2 is 2.11 bits per heavy atom. The van der Waals surface area contributed by atoms with Crippen molar-refractivity contribution in [2.75, 3.05) is 6.26 Å². The maximum Gasteiger partial charge on any atom is 0.0464 e. The van der Waals surface area contributed by atoms with Crippen LogP contribution in [0.5, 0.6) is 0 Å². The summed E-state index contributed by atoms with van der Waals surface area (Å²) in [6.07, 6.45) is 7.55. The fraction of sp³-hybridized carbons (Fsp3) is 0.600. The van der Waals surface area contributed by atoms with Gasteiger partial charge in [0.2, 0.25) is 0 Å². The minimum atomic E-state index is 0.304.